The predicted octanol–water partition coefficient (Wildman–Crippen LogP) is 1.73. The van der Waals surface area contributed by atoms with Gasteiger partial charge in [0.2, 0.25) is 0 Å². The van der Waals surface area contributed by atoms with Gasteiger partial charge in [-0.05, 0) is 12.8 Å². The minimum atomic E-state index is 0.166. The lowest BCUT2D eigenvalue weighted by molar-refractivity contribution is -0.122. The van der Waals surface area contributed by atoms with Crippen molar-refractivity contribution in [1.82, 2.24) is 0 Å². The highest BCUT2D eigenvalue weighted by Crippen LogP contribution is 2.04. The second kappa shape index (κ2) is 5.30. The first-order valence-corrected chi connectivity index (χ1v) is 4.36. The summed E-state index contributed by atoms with van der Waals surface area (Å²) in [6.07, 6.45) is 2.45. The molecule has 0 aliphatic carbocycles. The fraction of sp³-hybridized carbons (Fsp3) is 0.889. The molecular weight excluding hydrogens is 138 g/mol. The number of carbonyl (C=O) groups is 1. The van der Waals surface area contributed by atoms with Crippen molar-refractivity contribution in [2.24, 2.45) is 11.7 Å². The molecule has 0 amide bonds. The van der Waals surface area contributed by atoms with E-state index in [0.717, 1.165) is 12.8 Å². The normalized spacial score (nSPS) is 13.5. The Morgan fingerprint density at radius 3 is 2.36 bits per heavy atom. The van der Waals surface area contributed by atoms with E-state index in [1.165, 1.54) is 0 Å². The predicted molar refractivity (Wildman–Crippen MR) is 47.3 cm³/mol. The summed E-state index contributed by atoms with van der Waals surface area (Å²) < 4.78 is 0. The van der Waals surface area contributed by atoms with Crippen LogP contribution in [-0.4, -0.2) is 11.8 Å². The molecule has 1 atom stereocenters. The Morgan fingerprint density at radius 2 is 2.00 bits per heavy atom. The molecule has 0 aliphatic heterocycles. The van der Waals surface area contributed by atoms with Gasteiger partial charge in [0.15, 0.2) is 0 Å². The minimum Gasteiger partial charge on any atom is -0.328 e. The highest BCUT2D eigenvalue weighted by molar-refractivity contribution is 5.80. The van der Waals surface area contributed by atoms with Crippen LogP contribution in [0.15, 0.2) is 0 Å². The van der Waals surface area contributed by atoms with E-state index in [0.29, 0.717) is 12.2 Å². The fourth-order valence-corrected chi connectivity index (χ4v) is 0.820. The third kappa shape index (κ3) is 4.96. The third-order valence-corrected chi connectivity index (χ3v) is 1.93. The number of rotatable bonds is 5. The van der Waals surface area contributed by atoms with Crippen LogP contribution in [-0.2, 0) is 4.79 Å². The molecule has 0 aromatic heterocycles. The lowest BCUT2D eigenvalue weighted by Crippen LogP contribution is -2.20. The summed E-state index contributed by atoms with van der Waals surface area (Å²) in [5.41, 5.74) is 5.67. The average Bonchev–Trinajstić information content (AvgIpc) is 1.99. The minimum absolute atomic E-state index is 0.166. The molecule has 2 heteroatoms. The monoisotopic (exact) mass is 157 g/mol. The second-order valence-corrected chi connectivity index (χ2v) is 3.33. The molecule has 0 fully saturated rings. The van der Waals surface area contributed by atoms with E-state index >= 15 is 0 Å². The van der Waals surface area contributed by atoms with Crippen molar-refractivity contribution in [2.75, 3.05) is 0 Å². The topological polar surface area (TPSA) is 43.1 Å². The SMILES string of the molecule is CC[C@@H](N)CCC(=O)C(C)C. The van der Waals surface area contributed by atoms with Gasteiger partial charge < -0.3 is 5.73 Å². The first-order valence-electron chi connectivity index (χ1n) is 4.36. The molecule has 66 valence electrons. The third-order valence-electron chi connectivity index (χ3n) is 1.93. The maximum Gasteiger partial charge on any atom is 0.135 e. The van der Waals surface area contributed by atoms with Crippen molar-refractivity contribution in [3.8, 4) is 0 Å². The molecule has 11 heavy (non-hydrogen) atoms. The number of hydrogen-bond acceptors (Lipinski definition) is 2. The van der Waals surface area contributed by atoms with Gasteiger partial charge in [-0.15, -0.1) is 0 Å². The fourth-order valence-electron chi connectivity index (χ4n) is 0.820. The second-order valence-electron chi connectivity index (χ2n) is 3.33. The van der Waals surface area contributed by atoms with E-state index in [4.69, 9.17) is 5.73 Å². The van der Waals surface area contributed by atoms with E-state index in [1.54, 1.807) is 0 Å². The van der Waals surface area contributed by atoms with Crippen molar-refractivity contribution in [3.05, 3.63) is 0 Å². The molecule has 0 bridgehead atoms. The molecule has 0 heterocycles. The van der Waals surface area contributed by atoms with Gasteiger partial charge in [0.1, 0.15) is 5.78 Å². The van der Waals surface area contributed by atoms with Gasteiger partial charge in [-0.2, -0.15) is 0 Å². The van der Waals surface area contributed by atoms with Crippen LogP contribution >= 0.6 is 0 Å². The summed E-state index contributed by atoms with van der Waals surface area (Å²) >= 11 is 0. The summed E-state index contributed by atoms with van der Waals surface area (Å²) in [6, 6.07) is 0.206. The number of nitrogens with two attached hydrogens (primary N) is 1. The first kappa shape index (κ1) is 10.6. The molecule has 0 aromatic rings. The molecular formula is C9H19NO. The highest BCUT2D eigenvalue weighted by Gasteiger charge is 2.08. The molecule has 0 spiro atoms. The smallest absolute Gasteiger partial charge is 0.135 e. The van der Waals surface area contributed by atoms with Gasteiger partial charge in [0.05, 0.1) is 0 Å². The Bertz CT molecular complexity index is 121. The Hall–Kier alpha value is -0.370. The molecule has 0 saturated carbocycles. The van der Waals surface area contributed by atoms with Crippen molar-refractivity contribution in [3.63, 3.8) is 0 Å². The van der Waals surface area contributed by atoms with Crippen LogP contribution in [0.4, 0.5) is 0 Å². The molecule has 2 N–H and O–H groups in total. The highest BCUT2D eigenvalue weighted by atomic mass is 16.1. The van der Waals surface area contributed by atoms with Crippen LogP contribution in [0, 0.1) is 5.92 Å². The summed E-state index contributed by atoms with van der Waals surface area (Å²) in [4.78, 5) is 11.1. The first-order chi connectivity index (χ1) is 5.07. The van der Waals surface area contributed by atoms with E-state index < -0.39 is 0 Å². The van der Waals surface area contributed by atoms with Crippen LogP contribution in [0.2, 0.25) is 0 Å². The molecule has 0 aromatic carbocycles. The van der Waals surface area contributed by atoms with E-state index in [-0.39, 0.29) is 12.0 Å². The van der Waals surface area contributed by atoms with Gasteiger partial charge in [-0.25, -0.2) is 0 Å². The number of Topliss-reactive ketones (excluding diaryl/α,β-unsaturated/α-hetero) is 1. The zero-order valence-corrected chi connectivity index (χ0v) is 7.76. The Kier molecular flexibility index (Phi) is 5.12. The molecule has 0 rings (SSSR count). The maximum atomic E-state index is 11.1. The van der Waals surface area contributed by atoms with Gasteiger partial charge in [0.25, 0.3) is 0 Å². The van der Waals surface area contributed by atoms with E-state index in [1.807, 2.05) is 20.8 Å². The van der Waals surface area contributed by atoms with Gasteiger partial charge in [-0.1, -0.05) is 20.8 Å². The van der Waals surface area contributed by atoms with Crippen molar-refractivity contribution in [2.45, 2.75) is 46.1 Å². The Labute approximate surface area is 69.2 Å². The zero-order valence-electron chi connectivity index (χ0n) is 7.76. The van der Waals surface area contributed by atoms with Crippen LogP contribution in [0.25, 0.3) is 0 Å². The largest absolute Gasteiger partial charge is 0.328 e. The lowest BCUT2D eigenvalue weighted by Gasteiger charge is -2.08. The molecule has 0 saturated heterocycles. The summed E-state index contributed by atoms with van der Waals surface area (Å²) in [5.74, 6) is 0.493. The molecule has 2 nitrogen and oxygen atoms in total. The Morgan fingerprint density at radius 1 is 1.45 bits per heavy atom. The van der Waals surface area contributed by atoms with Crippen LogP contribution < -0.4 is 5.73 Å². The van der Waals surface area contributed by atoms with Gasteiger partial charge in [0, 0.05) is 18.4 Å². The summed E-state index contributed by atoms with van der Waals surface area (Å²) in [6.45, 7) is 5.91. The van der Waals surface area contributed by atoms with Gasteiger partial charge in [-0.3, -0.25) is 4.79 Å². The van der Waals surface area contributed by atoms with Crippen molar-refractivity contribution < 1.29 is 4.79 Å². The summed E-state index contributed by atoms with van der Waals surface area (Å²) in [7, 11) is 0. The average molecular weight is 157 g/mol. The van der Waals surface area contributed by atoms with Crippen molar-refractivity contribution >= 4 is 5.78 Å². The summed E-state index contributed by atoms with van der Waals surface area (Å²) in [5, 5.41) is 0. The lowest BCUT2D eigenvalue weighted by atomic mass is 10.0. The number of hydrogen-bond donors (Lipinski definition) is 1. The molecule has 0 radical (unpaired) electrons. The van der Waals surface area contributed by atoms with E-state index in [9.17, 15) is 4.79 Å². The van der Waals surface area contributed by atoms with Crippen LogP contribution in [0.3, 0.4) is 0 Å². The van der Waals surface area contributed by atoms with Crippen LogP contribution in [0.1, 0.15) is 40.0 Å². The Balaban J connectivity index is 3.46. The van der Waals surface area contributed by atoms with Crippen LogP contribution in [0.5, 0.6) is 0 Å². The van der Waals surface area contributed by atoms with Crippen molar-refractivity contribution in [1.29, 1.82) is 0 Å². The molecule has 0 aliphatic rings. The molecule has 0 unspecified atom stereocenters. The number of ketones is 1. The van der Waals surface area contributed by atoms with E-state index in [2.05, 4.69) is 0 Å². The maximum absolute atomic E-state index is 11.1. The van der Waals surface area contributed by atoms with Gasteiger partial charge >= 0.3 is 0 Å². The zero-order chi connectivity index (χ0) is 8.85. The standard InChI is InChI=1S/C9H19NO/c1-4-8(10)5-6-9(11)7(2)3/h7-8H,4-6,10H2,1-3H3/t8-/m1/s1. The number of carbonyl (C=O) groups excluding carboxylic acids is 1. The quantitative estimate of drug-likeness (QED) is 0.660.